The Bertz CT molecular complexity index is 987. The van der Waals surface area contributed by atoms with E-state index in [0.29, 0.717) is 5.56 Å². The molecule has 0 saturated carbocycles. The third kappa shape index (κ3) is 4.18. The summed E-state index contributed by atoms with van der Waals surface area (Å²) < 4.78 is 40.2. The van der Waals surface area contributed by atoms with Crippen molar-refractivity contribution in [2.75, 3.05) is 26.2 Å². The number of piperazine rings is 1. The number of hydrogen-bond acceptors (Lipinski definition) is 5. The first-order valence-corrected chi connectivity index (χ1v) is 9.99. The molecule has 2 aromatic rings. The van der Waals surface area contributed by atoms with Crippen molar-refractivity contribution >= 4 is 21.6 Å². The summed E-state index contributed by atoms with van der Waals surface area (Å²) in [6.45, 7) is 0.532. The van der Waals surface area contributed by atoms with E-state index in [9.17, 15) is 27.7 Å². The predicted molar refractivity (Wildman–Crippen MR) is 98.5 cm³/mol. The SMILES string of the molecule is O=C(Cc1ccc([N+](=O)[O-])cc1)N1CCN(S(=O)(=O)c2ccccc2F)CC1. The third-order valence-corrected chi connectivity index (χ3v) is 6.48. The number of nitro benzene ring substituents is 1. The zero-order valence-corrected chi connectivity index (χ0v) is 15.6. The van der Waals surface area contributed by atoms with Crippen LogP contribution < -0.4 is 0 Å². The Kier molecular flexibility index (Phi) is 5.71. The Balaban J connectivity index is 1.61. The smallest absolute Gasteiger partial charge is 0.269 e. The molecule has 1 heterocycles. The van der Waals surface area contributed by atoms with Gasteiger partial charge in [0.2, 0.25) is 15.9 Å². The molecule has 0 unspecified atom stereocenters. The van der Waals surface area contributed by atoms with Crippen LogP contribution in [0.1, 0.15) is 5.56 Å². The molecule has 8 nitrogen and oxygen atoms in total. The highest BCUT2D eigenvalue weighted by molar-refractivity contribution is 7.89. The molecule has 10 heteroatoms. The van der Waals surface area contributed by atoms with Crippen LogP contribution in [0.25, 0.3) is 0 Å². The van der Waals surface area contributed by atoms with Gasteiger partial charge < -0.3 is 4.90 Å². The van der Waals surface area contributed by atoms with Crippen molar-refractivity contribution in [3.8, 4) is 0 Å². The molecular formula is C18H18FN3O5S. The maximum absolute atomic E-state index is 13.9. The molecule has 0 spiro atoms. The lowest BCUT2D eigenvalue weighted by Gasteiger charge is -2.34. The summed E-state index contributed by atoms with van der Waals surface area (Å²) in [4.78, 5) is 23.8. The number of rotatable bonds is 5. The van der Waals surface area contributed by atoms with Gasteiger partial charge in [-0.15, -0.1) is 0 Å². The first kappa shape index (κ1) is 19.9. The molecule has 148 valence electrons. The van der Waals surface area contributed by atoms with Gasteiger partial charge in [-0.3, -0.25) is 14.9 Å². The summed E-state index contributed by atoms with van der Waals surface area (Å²) in [5, 5.41) is 10.7. The lowest BCUT2D eigenvalue weighted by Crippen LogP contribution is -2.51. The van der Waals surface area contributed by atoms with E-state index < -0.39 is 20.8 Å². The number of sulfonamides is 1. The number of non-ortho nitro benzene ring substituents is 1. The lowest BCUT2D eigenvalue weighted by atomic mass is 10.1. The highest BCUT2D eigenvalue weighted by Gasteiger charge is 2.31. The Morgan fingerprint density at radius 2 is 1.64 bits per heavy atom. The maximum Gasteiger partial charge on any atom is 0.269 e. The van der Waals surface area contributed by atoms with Gasteiger partial charge in [0, 0.05) is 38.3 Å². The Morgan fingerprint density at radius 3 is 2.21 bits per heavy atom. The van der Waals surface area contributed by atoms with E-state index in [0.717, 1.165) is 6.07 Å². The summed E-state index contributed by atoms with van der Waals surface area (Å²) in [5.41, 5.74) is 0.583. The molecule has 28 heavy (non-hydrogen) atoms. The number of benzene rings is 2. The summed E-state index contributed by atoms with van der Waals surface area (Å²) in [6, 6.07) is 10.9. The van der Waals surface area contributed by atoms with Crippen molar-refractivity contribution in [3.05, 3.63) is 70.0 Å². The van der Waals surface area contributed by atoms with Gasteiger partial charge in [-0.05, 0) is 17.7 Å². The fraction of sp³-hybridized carbons (Fsp3) is 0.278. The van der Waals surface area contributed by atoms with E-state index in [1.807, 2.05) is 0 Å². The third-order valence-electron chi connectivity index (χ3n) is 4.55. The fourth-order valence-electron chi connectivity index (χ4n) is 2.99. The monoisotopic (exact) mass is 407 g/mol. The quantitative estimate of drug-likeness (QED) is 0.556. The molecule has 0 aromatic heterocycles. The minimum absolute atomic E-state index is 0.0526. The number of carbonyl (C=O) groups is 1. The molecular weight excluding hydrogens is 389 g/mol. The Morgan fingerprint density at radius 1 is 1.04 bits per heavy atom. The van der Waals surface area contributed by atoms with Crippen molar-refractivity contribution in [3.63, 3.8) is 0 Å². The van der Waals surface area contributed by atoms with Crippen LogP contribution in [0.2, 0.25) is 0 Å². The number of hydrogen-bond donors (Lipinski definition) is 0. The first-order valence-electron chi connectivity index (χ1n) is 8.55. The molecule has 1 aliphatic heterocycles. The second-order valence-electron chi connectivity index (χ2n) is 6.32. The summed E-state index contributed by atoms with van der Waals surface area (Å²) in [7, 11) is -3.96. The molecule has 0 N–H and O–H groups in total. The highest BCUT2D eigenvalue weighted by Crippen LogP contribution is 2.21. The van der Waals surface area contributed by atoms with Gasteiger partial charge in [0.25, 0.3) is 5.69 Å². The van der Waals surface area contributed by atoms with E-state index in [1.165, 1.54) is 51.7 Å². The van der Waals surface area contributed by atoms with E-state index >= 15 is 0 Å². The van der Waals surface area contributed by atoms with Crippen LogP contribution in [0, 0.1) is 15.9 Å². The summed E-state index contributed by atoms with van der Waals surface area (Å²) >= 11 is 0. The standard InChI is InChI=1S/C18H18FN3O5S/c19-16-3-1-2-4-17(16)28(26,27)21-11-9-20(10-12-21)18(23)13-14-5-7-15(8-6-14)22(24)25/h1-8H,9-13H2. The summed E-state index contributed by atoms with van der Waals surface area (Å²) in [5.74, 6) is -1.00. The van der Waals surface area contributed by atoms with Gasteiger partial charge in [-0.1, -0.05) is 24.3 Å². The number of nitrogens with zero attached hydrogens (tertiary/aromatic N) is 3. The second-order valence-corrected chi connectivity index (χ2v) is 8.22. The molecule has 1 fully saturated rings. The second kappa shape index (κ2) is 8.03. The molecule has 0 aliphatic carbocycles. The van der Waals surface area contributed by atoms with Crippen molar-refractivity contribution in [2.24, 2.45) is 0 Å². The van der Waals surface area contributed by atoms with Crippen LogP contribution in [0.5, 0.6) is 0 Å². The van der Waals surface area contributed by atoms with Gasteiger partial charge in [-0.25, -0.2) is 12.8 Å². The van der Waals surface area contributed by atoms with Gasteiger partial charge in [0.05, 0.1) is 11.3 Å². The zero-order valence-electron chi connectivity index (χ0n) is 14.8. The summed E-state index contributed by atoms with van der Waals surface area (Å²) in [6.07, 6.45) is 0.0675. The van der Waals surface area contributed by atoms with Crippen LogP contribution in [-0.4, -0.2) is 54.6 Å². The highest BCUT2D eigenvalue weighted by atomic mass is 32.2. The van der Waals surface area contributed by atoms with Crippen molar-refractivity contribution in [1.29, 1.82) is 0 Å². The normalized spacial score (nSPS) is 15.4. The van der Waals surface area contributed by atoms with E-state index in [1.54, 1.807) is 0 Å². The fourth-order valence-corrected chi connectivity index (χ4v) is 4.48. The maximum atomic E-state index is 13.9. The van der Waals surface area contributed by atoms with Crippen molar-refractivity contribution in [2.45, 2.75) is 11.3 Å². The van der Waals surface area contributed by atoms with Crippen LogP contribution >= 0.6 is 0 Å². The van der Waals surface area contributed by atoms with E-state index in [4.69, 9.17) is 0 Å². The zero-order chi connectivity index (χ0) is 20.3. The van der Waals surface area contributed by atoms with Crippen LogP contribution in [0.3, 0.4) is 0 Å². The van der Waals surface area contributed by atoms with Crippen molar-refractivity contribution in [1.82, 2.24) is 9.21 Å². The molecule has 0 bridgehead atoms. The minimum Gasteiger partial charge on any atom is -0.340 e. The number of amides is 1. The molecule has 3 rings (SSSR count). The predicted octanol–water partition coefficient (Wildman–Crippen LogP) is 1.81. The topological polar surface area (TPSA) is 101 Å². The Hall–Kier alpha value is -2.85. The average Bonchev–Trinajstić information content (AvgIpc) is 2.68. The lowest BCUT2D eigenvalue weighted by molar-refractivity contribution is -0.384. The minimum atomic E-state index is -3.96. The molecule has 0 atom stereocenters. The van der Waals surface area contributed by atoms with Gasteiger partial charge >= 0.3 is 0 Å². The van der Waals surface area contributed by atoms with Crippen LogP contribution in [0.15, 0.2) is 53.4 Å². The van der Waals surface area contributed by atoms with E-state index in [2.05, 4.69) is 0 Å². The Labute approximate surface area is 161 Å². The molecule has 1 amide bonds. The van der Waals surface area contributed by atoms with Gasteiger partial charge in [0.15, 0.2) is 0 Å². The van der Waals surface area contributed by atoms with Crippen LogP contribution in [0.4, 0.5) is 10.1 Å². The molecule has 1 aliphatic rings. The number of carbonyl (C=O) groups excluding carboxylic acids is 1. The van der Waals surface area contributed by atoms with E-state index in [-0.39, 0.29) is 49.1 Å². The van der Waals surface area contributed by atoms with Crippen molar-refractivity contribution < 1.29 is 22.5 Å². The number of nitro groups is 1. The van der Waals surface area contributed by atoms with Gasteiger partial charge in [0.1, 0.15) is 10.7 Å². The molecule has 0 radical (unpaired) electrons. The first-order chi connectivity index (χ1) is 13.3. The molecule has 1 saturated heterocycles. The largest absolute Gasteiger partial charge is 0.340 e. The molecule has 2 aromatic carbocycles. The average molecular weight is 407 g/mol. The number of halogens is 1. The van der Waals surface area contributed by atoms with Crippen LogP contribution in [-0.2, 0) is 21.2 Å². The van der Waals surface area contributed by atoms with Gasteiger partial charge in [-0.2, -0.15) is 4.31 Å².